The number of aromatic nitrogens is 6. The summed E-state index contributed by atoms with van der Waals surface area (Å²) in [6.45, 7) is 3.17. The number of rotatable bonds is 4. The van der Waals surface area contributed by atoms with Crippen LogP contribution in [0.1, 0.15) is 18.1 Å². The molecular weight excluding hydrogens is 447 g/mol. The number of hydrogen-bond acceptors (Lipinski definition) is 5. The molecule has 0 aliphatic heterocycles. The van der Waals surface area contributed by atoms with Crippen molar-refractivity contribution in [3.63, 3.8) is 0 Å². The van der Waals surface area contributed by atoms with Crippen LogP contribution in [-0.4, -0.2) is 35.9 Å². The maximum Gasteiger partial charge on any atom is 0.416 e. The van der Waals surface area contributed by atoms with Gasteiger partial charge in [-0.1, -0.05) is 17.7 Å². The number of alkyl halides is 3. The van der Waals surface area contributed by atoms with Crippen LogP contribution in [0.25, 0.3) is 28.3 Å². The van der Waals surface area contributed by atoms with Gasteiger partial charge >= 0.3 is 6.18 Å². The number of aromatic amines is 1. The van der Waals surface area contributed by atoms with Gasteiger partial charge in [0.05, 0.1) is 21.8 Å². The molecule has 2 N–H and O–H groups in total. The molecule has 0 unspecified atom stereocenters. The third kappa shape index (κ3) is 4.19. The molecule has 4 rings (SSSR count). The number of aryl methyl sites for hydroxylation is 1. The first kappa shape index (κ1) is 21.5. The van der Waals surface area contributed by atoms with E-state index in [1.54, 1.807) is 25.4 Å². The number of carbonyl (C=O) groups is 1. The number of halogens is 4. The van der Waals surface area contributed by atoms with Crippen LogP contribution in [0.2, 0.25) is 5.02 Å². The lowest BCUT2D eigenvalue weighted by atomic mass is 10.1. The smallest absolute Gasteiger partial charge is 0.311 e. The van der Waals surface area contributed by atoms with E-state index < -0.39 is 11.7 Å². The van der Waals surface area contributed by atoms with E-state index in [-0.39, 0.29) is 22.3 Å². The molecule has 0 spiro atoms. The Bertz CT molecular complexity index is 1300. The van der Waals surface area contributed by atoms with Crippen molar-refractivity contribution >= 4 is 23.3 Å². The van der Waals surface area contributed by atoms with E-state index in [1.165, 1.54) is 24.0 Å². The SMILES string of the molecule is CC(=O)Nc1cc(-n2cc(-c3nc[nH]n3)c(-c3ccc(C(F)(F)F)cc3Cl)n2)c(C)cn1. The molecule has 0 aliphatic rings. The van der Waals surface area contributed by atoms with Crippen molar-refractivity contribution in [1.82, 2.24) is 29.9 Å². The van der Waals surface area contributed by atoms with Crippen LogP contribution in [0, 0.1) is 6.92 Å². The molecule has 0 atom stereocenters. The van der Waals surface area contributed by atoms with Crippen LogP contribution >= 0.6 is 11.6 Å². The van der Waals surface area contributed by atoms with Crippen LogP contribution in [-0.2, 0) is 11.0 Å². The molecule has 0 saturated carbocycles. The predicted molar refractivity (Wildman–Crippen MR) is 111 cm³/mol. The Kier molecular flexibility index (Phi) is 5.43. The van der Waals surface area contributed by atoms with Crippen LogP contribution in [0.4, 0.5) is 19.0 Å². The van der Waals surface area contributed by atoms with E-state index >= 15 is 0 Å². The van der Waals surface area contributed by atoms with Crippen LogP contribution in [0.5, 0.6) is 0 Å². The van der Waals surface area contributed by atoms with E-state index in [9.17, 15) is 18.0 Å². The second kappa shape index (κ2) is 8.08. The first-order valence-electron chi connectivity index (χ1n) is 9.21. The van der Waals surface area contributed by atoms with E-state index in [4.69, 9.17) is 11.6 Å². The molecule has 1 aromatic carbocycles. The Morgan fingerprint density at radius 3 is 2.59 bits per heavy atom. The van der Waals surface area contributed by atoms with Gasteiger partial charge < -0.3 is 5.32 Å². The first-order valence-corrected chi connectivity index (χ1v) is 9.59. The highest BCUT2D eigenvalue weighted by Gasteiger charge is 2.31. The van der Waals surface area contributed by atoms with Crippen molar-refractivity contribution in [1.29, 1.82) is 0 Å². The van der Waals surface area contributed by atoms with E-state index in [2.05, 4.69) is 30.6 Å². The minimum Gasteiger partial charge on any atom is -0.311 e. The number of carbonyl (C=O) groups excluding carboxylic acids is 1. The third-order valence-electron chi connectivity index (χ3n) is 4.55. The zero-order valence-electron chi connectivity index (χ0n) is 16.7. The second-order valence-electron chi connectivity index (χ2n) is 6.89. The highest BCUT2D eigenvalue weighted by molar-refractivity contribution is 6.33. The molecule has 4 aromatic rings. The van der Waals surface area contributed by atoms with Gasteiger partial charge in [-0.05, 0) is 24.6 Å². The number of hydrogen-bond donors (Lipinski definition) is 2. The number of benzene rings is 1. The Morgan fingerprint density at radius 2 is 1.97 bits per heavy atom. The highest BCUT2D eigenvalue weighted by Crippen LogP contribution is 2.38. The van der Waals surface area contributed by atoms with Gasteiger partial charge in [-0.25, -0.2) is 14.6 Å². The molecular formula is C20H15ClF3N7O. The molecule has 3 aromatic heterocycles. The van der Waals surface area contributed by atoms with Gasteiger partial charge in [-0.3, -0.25) is 9.89 Å². The van der Waals surface area contributed by atoms with E-state index in [0.717, 1.165) is 17.7 Å². The largest absolute Gasteiger partial charge is 0.416 e. The van der Waals surface area contributed by atoms with Crippen LogP contribution < -0.4 is 5.32 Å². The number of nitrogens with zero attached hydrogens (tertiary/aromatic N) is 5. The molecule has 12 heteroatoms. The van der Waals surface area contributed by atoms with Gasteiger partial charge in [-0.2, -0.15) is 23.4 Å². The third-order valence-corrected chi connectivity index (χ3v) is 4.86. The van der Waals surface area contributed by atoms with E-state index in [0.29, 0.717) is 22.8 Å². The molecule has 3 heterocycles. The van der Waals surface area contributed by atoms with Gasteiger partial charge in [0, 0.05) is 30.9 Å². The molecule has 0 fully saturated rings. The fourth-order valence-corrected chi connectivity index (χ4v) is 3.36. The minimum absolute atomic E-state index is 0.118. The van der Waals surface area contributed by atoms with Crippen molar-refractivity contribution in [3.05, 3.63) is 59.1 Å². The zero-order valence-corrected chi connectivity index (χ0v) is 17.5. The lowest BCUT2D eigenvalue weighted by molar-refractivity contribution is -0.137. The summed E-state index contributed by atoms with van der Waals surface area (Å²) in [6, 6.07) is 4.68. The quantitative estimate of drug-likeness (QED) is 0.460. The van der Waals surface area contributed by atoms with Crippen molar-refractivity contribution in [2.24, 2.45) is 0 Å². The standard InChI is InChI=1S/C20H15ClF3N7O/c1-10-7-25-17(28-11(2)32)6-16(10)31-8-14(19-26-9-27-29-19)18(30-31)13-4-3-12(5-15(13)21)20(22,23)24/h3-9H,1-2H3,(H,25,28,32)(H,26,27,29). The first-order chi connectivity index (χ1) is 15.1. The minimum atomic E-state index is -4.53. The summed E-state index contributed by atoms with van der Waals surface area (Å²) in [5.41, 5.74) is 1.50. The molecule has 0 bridgehead atoms. The fourth-order valence-electron chi connectivity index (χ4n) is 3.09. The monoisotopic (exact) mass is 461 g/mol. The van der Waals surface area contributed by atoms with Crippen molar-refractivity contribution in [3.8, 4) is 28.3 Å². The van der Waals surface area contributed by atoms with Crippen LogP contribution in [0.15, 0.2) is 43.0 Å². The summed E-state index contributed by atoms with van der Waals surface area (Å²) >= 11 is 6.22. The van der Waals surface area contributed by atoms with Crippen LogP contribution in [0.3, 0.4) is 0 Å². The average Bonchev–Trinajstić information content (AvgIpc) is 3.38. The van der Waals surface area contributed by atoms with E-state index in [1.807, 2.05) is 0 Å². The summed E-state index contributed by atoms with van der Waals surface area (Å²) in [7, 11) is 0. The maximum absolute atomic E-state index is 13.1. The molecule has 1 amide bonds. The number of H-pyrrole nitrogens is 1. The fraction of sp³-hybridized carbons (Fsp3) is 0.150. The Hall–Kier alpha value is -3.73. The number of pyridine rings is 1. The Balaban J connectivity index is 1.88. The number of nitrogens with one attached hydrogen (secondary N) is 2. The molecule has 8 nitrogen and oxygen atoms in total. The molecule has 164 valence electrons. The summed E-state index contributed by atoms with van der Waals surface area (Å²) in [5, 5.41) is 13.7. The van der Waals surface area contributed by atoms with Gasteiger partial charge in [0.25, 0.3) is 0 Å². The number of anilines is 1. The maximum atomic E-state index is 13.1. The van der Waals surface area contributed by atoms with Gasteiger partial charge in [0.1, 0.15) is 17.8 Å². The molecule has 0 saturated heterocycles. The molecule has 0 radical (unpaired) electrons. The van der Waals surface area contributed by atoms with Gasteiger partial charge in [-0.15, -0.1) is 0 Å². The Morgan fingerprint density at radius 1 is 1.19 bits per heavy atom. The molecule has 32 heavy (non-hydrogen) atoms. The second-order valence-corrected chi connectivity index (χ2v) is 7.30. The zero-order chi connectivity index (χ0) is 23.0. The summed E-state index contributed by atoms with van der Waals surface area (Å²) < 4.78 is 40.7. The van der Waals surface area contributed by atoms with Gasteiger partial charge in [0.2, 0.25) is 5.91 Å². The van der Waals surface area contributed by atoms with Crippen molar-refractivity contribution in [2.75, 3.05) is 5.32 Å². The van der Waals surface area contributed by atoms with Crippen molar-refractivity contribution in [2.45, 2.75) is 20.0 Å². The van der Waals surface area contributed by atoms with Crippen molar-refractivity contribution < 1.29 is 18.0 Å². The van der Waals surface area contributed by atoms with Gasteiger partial charge in [0.15, 0.2) is 5.82 Å². The lowest BCUT2D eigenvalue weighted by Gasteiger charge is -2.10. The Labute approximate surface area is 184 Å². The summed E-state index contributed by atoms with van der Waals surface area (Å²) in [6.07, 6.45) is 0.0473. The highest BCUT2D eigenvalue weighted by atomic mass is 35.5. The number of amides is 1. The lowest BCUT2D eigenvalue weighted by Crippen LogP contribution is -2.09. The topological polar surface area (TPSA) is 101 Å². The normalized spacial score (nSPS) is 11.6. The average molecular weight is 462 g/mol. The molecule has 0 aliphatic carbocycles. The summed E-state index contributed by atoms with van der Waals surface area (Å²) in [4.78, 5) is 19.7. The summed E-state index contributed by atoms with van der Waals surface area (Å²) in [5.74, 6) is 0.324. The predicted octanol–water partition coefficient (Wildman–Crippen LogP) is 4.66.